The molecule has 4 aromatic carbocycles. The van der Waals surface area contributed by atoms with Crippen LogP contribution in [0.25, 0.3) is 36.2 Å². The molecular formula is C29H24ClO3S+. The van der Waals surface area contributed by atoms with Gasteiger partial charge >= 0.3 is 0 Å². The first-order valence-corrected chi connectivity index (χ1v) is 12.8. The lowest BCUT2D eigenvalue weighted by Gasteiger charge is -2.10. The van der Waals surface area contributed by atoms with E-state index >= 15 is 0 Å². The van der Waals surface area contributed by atoms with Gasteiger partial charge in [-0.3, -0.25) is 4.79 Å². The molecule has 0 aliphatic rings. The normalized spacial score (nSPS) is 11.7. The van der Waals surface area contributed by atoms with E-state index in [1.807, 2.05) is 42.5 Å². The molecule has 1 unspecified atom stereocenters. The topological polar surface area (TPSA) is 35.5 Å². The van der Waals surface area contributed by atoms with Crippen LogP contribution >= 0.6 is 22.1 Å². The Kier molecular flexibility index (Phi) is 6.27. The van der Waals surface area contributed by atoms with Crippen molar-refractivity contribution >= 4 is 42.2 Å². The number of ether oxygens (including phenoxy) is 2. The third kappa shape index (κ3) is 3.93. The predicted molar refractivity (Wildman–Crippen MR) is 144 cm³/mol. The second kappa shape index (κ2) is 9.49. The first-order chi connectivity index (χ1) is 16.6. The number of fused-ring (bicyclic) bond motifs is 2. The van der Waals surface area contributed by atoms with Gasteiger partial charge < -0.3 is 9.47 Å². The summed E-state index contributed by atoms with van der Waals surface area (Å²) in [6, 6.07) is 28.0. The molecular weight excluding hydrogens is 464 g/mol. The summed E-state index contributed by atoms with van der Waals surface area (Å²) in [7, 11) is 1.14. The largest absolute Gasteiger partial charge is 0.497 e. The minimum Gasteiger partial charge on any atom is -0.497 e. The molecule has 3 nitrogen and oxygen atoms in total. The van der Waals surface area contributed by atoms with Gasteiger partial charge in [0.2, 0.25) is 10.1 Å². The number of benzene rings is 4. The van der Waals surface area contributed by atoms with Gasteiger partial charge in [0.25, 0.3) is 0 Å². The van der Waals surface area contributed by atoms with Crippen LogP contribution in [0.2, 0.25) is 5.02 Å². The van der Waals surface area contributed by atoms with E-state index in [4.69, 9.17) is 21.1 Å². The maximum atomic E-state index is 13.5. The number of hydrogen-bond acceptors (Lipinski definition) is 3. The van der Waals surface area contributed by atoms with E-state index in [0.717, 1.165) is 43.3 Å². The van der Waals surface area contributed by atoms with E-state index in [-0.39, 0.29) is 5.43 Å². The summed E-state index contributed by atoms with van der Waals surface area (Å²) in [6.45, 7) is 2.65. The lowest BCUT2D eigenvalue weighted by atomic mass is 10.1. The molecule has 170 valence electrons. The average Bonchev–Trinajstić information content (AvgIpc) is 2.89. The van der Waals surface area contributed by atoms with E-state index in [2.05, 4.69) is 43.3 Å². The molecule has 0 saturated heterocycles. The van der Waals surface area contributed by atoms with Crippen molar-refractivity contribution in [1.82, 2.24) is 0 Å². The van der Waals surface area contributed by atoms with Crippen molar-refractivity contribution in [3.05, 3.63) is 100 Å². The van der Waals surface area contributed by atoms with Crippen LogP contribution < -0.4 is 14.9 Å². The summed E-state index contributed by atoms with van der Waals surface area (Å²) < 4.78 is 13.3. The zero-order chi connectivity index (χ0) is 23.7. The molecule has 0 radical (unpaired) electrons. The van der Waals surface area contributed by atoms with E-state index in [1.165, 1.54) is 0 Å². The predicted octanol–water partition coefficient (Wildman–Crippen LogP) is 8.21. The quantitative estimate of drug-likeness (QED) is 0.179. The van der Waals surface area contributed by atoms with Crippen molar-refractivity contribution in [3.8, 4) is 27.5 Å². The highest BCUT2D eigenvalue weighted by Crippen LogP contribution is 2.48. The lowest BCUT2D eigenvalue weighted by Crippen LogP contribution is -2.05. The summed E-state index contributed by atoms with van der Waals surface area (Å²) in [5, 5.41) is 1.72. The Morgan fingerprint density at radius 1 is 0.853 bits per heavy atom. The summed E-state index contributed by atoms with van der Waals surface area (Å²) in [5.74, 6) is 1.56. The minimum atomic E-state index is -0.524. The van der Waals surface area contributed by atoms with Crippen molar-refractivity contribution in [2.24, 2.45) is 0 Å². The highest BCUT2D eigenvalue weighted by atomic mass is 35.5. The zero-order valence-corrected chi connectivity index (χ0v) is 20.6. The van der Waals surface area contributed by atoms with Gasteiger partial charge in [0, 0.05) is 10.5 Å². The number of rotatable bonds is 6. The molecule has 5 heteroatoms. The van der Waals surface area contributed by atoms with E-state index in [9.17, 15) is 4.79 Å². The Labute approximate surface area is 206 Å². The first kappa shape index (κ1) is 22.5. The van der Waals surface area contributed by atoms with Crippen LogP contribution in [-0.2, 0) is 0 Å². The number of methoxy groups -OCH3 is 1. The first-order valence-electron chi connectivity index (χ1n) is 11.2. The SMILES string of the molecule is CCCOc1ccc(Cl)c2c(=O)c3ccccc3[s+](-c3ccc(-c4ccc(OC)cc4)cc3)c12. The van der Waals surface area contributed by atoms with Crippen molar-refractivity contribution in [1.29, 1.82) is 0 Å². The molecule has 0 aliphatic carbocycles. The van der Waals surface area contributed by atoms with Crippen molar-refractivity contribution in [3.63, 3.8) is 0 Å². The maximum absolute atomic E-state index is 13.5. The Balaban J connectivity index is 1.76. The fraction of sp³-hybridized carbons (Fsp3) is 0.138. The van der Waals surface area contributed by atoms with Gasteiger partial charge in [-0.1, -0.05) is 42.8 Å². The standard InChI is InChI=1S/C29H24ClO3S/c1-3-18-33-25-17-16-24(30)27-28(31)23-6-4-5-7-26(23)34(29(25)27)22-14-10-20(11-15-22)19-8-12-21(32-2)13-9-19/h4-17H,3,18H2,1-2H3/q+1. The zero-order valence-electron chi connectivity index (χ0n) is 19.0. The van der Waals surface area contributed by atoms with Gasteiger partial charge in [0.05, 0.1) is 24.1 Å². The van der Waals surface area contributed by atoms with Crippen LogP contribution in [0.5, 0.6) is 11.5 Å². The van der Waals surface area contributed by atoms with Crippen molar-refractivity contribution in [2.75, 3.05) is 13.7 Å². The highest BCUT2D eigenvalue weighted by Gasteiger charge is 2.28. The Morgan fingerprint density at radius 2 is 1.53 bits per heavy atom. The summed E-state index contributed by atoms with van der Waals surface area (Å²) in [6.07, 6.45) is 0.881. The van der Waals surface area contributed by atoms with Gasteiger partial charge in [0.1, 0.15) is 11.1 Å². The molecule has 0 spiro atoms. The second-order valence-electron chi connectivity index (χ2n) is 7.98. The molecule has 1 aromatic heterocycles. The molecule has 0 fully saturated rings. The lowest BCUT2D eigenvalue weighted by molar-refractivity contribution is 0.321. The molecule has 34 heavy (non-hydrogen) atoms. The number of hydrogen-bond donors (Lipinski definition) is 0. The Bertz CT molecular complexity index is 1540. The van der Waals surface area contributed by atoms with E-state index in [0.29, 0.717) is 22.4 Å². The van der Waals surface area contributed by atoms with Gasteiger partial charge in [-0.25, -0.2) is 0 Å². The summed E-state index contributed by atoms with van der Waals surface area (Å²) >= 11 is 6.61. The molecule has 0 bridgehead atoms. The van der Waals surface area contributed by atoms with Crippen molar-refractivity contribution in [2.45, 2.75) is 13.3 Å². The van der Waals surface area contributed by atoms with Crippen LogP contribution in [0, 0.1) is 0 Å². The molecule has 1 heterocycles. The smallest absolute Gasteiger partial charge is 0.234 e. The van der Waals surface area contributed by atoms with Gasteiger partial charge in [-0.05, 0) is 78.2 Å². The fourth-order valence-corrected chi connectivity index (χ4v) is 6.92. The second-order valence-corrected chi connectivity index (χ2v) is 10.3. The molecule has 0 amide bonds. The number of halogens is 1. The molecule has 0 saturated carbocycles. The minimum absolute atomic E-state index is 0.0452. The fourth-order valence-electron chi connectivity index (χ4n) is 4.17. The van der Waals surface area contributed by atoms with Gasteiger partial charge in [0.15, 0.2) is 15.3 Å². The Morgan fingerprint density at radius 3 is 2.21 bits per heavy atom. The van der Waals surface area contributed by atoms with Gasteiger partial charge in [-0.15, -0.1) is 0 Å². The molecule has 5 rings (SSSR count). The Hall–Kier alpha value is -3.34. The molecule has 5 aromatic rings. The van der Waals surface area contributed by atoms with E-state index < -0.39 is 10.5 Å². The summed E-state index contributed by atoms with van der Waals surface area (Å²) in [4.78, 5) is 14.6. The molecule has 1 atom stereocenters. The van der Waals surface area contributed by atoms with Crippen LogP contribution in [0.1, 0.15) is 13.3 Å². The monoisotopic (exact) mass is 487 g/mol. The molecule has 0 aliphatic heterocycles. The van der Waals surface area contributed by atoms with Crippen LogP contribution in [0.3, 0.4) is 0 Å². The van der Waals surface area contributed by atoms with E-state index in [1.54, 1.807) is 13.2 Å². The maximum Gasteiger partial charge on any atom is 0.234 e. The third-order valence-corrected chi connectivity index (χ3v) is 8.50. The highest BCUT2D eigenvalue weighted by molar-refractivity contribution is 7.49. The van der Waals surface area contributed by atoms with Crippen LogP contribution in [0.4, 0.5) is 0 Å². The third-order valence-electron chi connectivity index (χ3n) is 5.83. The van der Waals surface area contributed by atoms with Crippen LogP contribution in [0.15, 0.2) is 89.7 Å². The summed E-state index contributed by atoms with van der Waals surface area (Å²) in [5.41, 5.74) is 2.19. The van der Waals surface area contributed by atoms with Gasteiger partial charge in [-0.2, -0.15) is 0 Å². The van der Waals surface area contributed by atoms with Crippen LogP contribution in [-0.4, -0.2) is 13.7 Å². The van der Waals surface area contributed by atoms with Crippen molar-refractivity contribution < 1.29 is 9.47 Å². The average molecular weight is 488 g/mol. The molecule has 0 N–H and O–H groups in total.